The van der Waals surface area contributed by atoms with Crippen LogP contribution in [0, 0.1) is 20.2 Å². The highest BCUT2D eigenvalue weighted by Crippen LogP contribution is 2.24. The van der Waals surface area contributed by atoms with E-state index in [0.29, 0.717) is 0 Å². The molecule has 0 aliphatic rings. The molecule has 2 atom stereocenters. The fourth-order valence-electron chi connectivity index (χ4n) is 4.63. The largest absolute Gasteiger partial charge is 0.382 e. The molecule has 0 saturated carbocycles. The standard InChI is InChI=1S/C28H24N10O8/c1-29-35-21(23-27(41)33-19-11-15(37(43)44)7-9-17(19)31-23)25(39)13-3-5-14(6-4-13)26(40)22(36-30-2)24-28(42)34-20-12-16(38(45)46)8-10-18(20)32-24/h3-12,25-26,29-30,39-40H,1-2H3,(H,33,41)(H,34,42)/b35-21-,36-22+/t25-,26+/m1/s1. The third-order valence-electron chi connectivity index (χ3n) is 6.81. The van der Waals surface area contributed by atoms with E-state index in [2.05, 4.69) is 41.0 Å². The second-order valence-corrected chi connectivity index (χ2v) is 9.66. The molecule has 46 heavy (non-hydrogen) atoms. The zero-order chi connectivity index (χ0) is 33.1. The Bertz CT molecular complexity index is 2020. The average Bonchev–Trinajstić information content (AvgIpc) is 3.04. The molecule has 0 amide bonds. The van der Waals surface area contributed by atoms with Crippen molar-refractivity contribution in [1.82, 2.24) is 30.8 Å². The molecule has 18 nitrogen and oxygen atoms in total. The summed E-state index contributed by atoms with van der Waals surface area (Å²) in [6.07, 6.45) is -2.97. The number of aromatic nitrogens is 4. The number of aromatic amines is 2. The lowest BCUT2D eigenvalue weighted by molar-refractivity contribution is -0.384. The van der Waals surface area contributed by atoms with Crippen molar-refractivity contribution in [3.05, 3.63) is 124 Å². The van der Waals surface area contributed by atoms with Crippen LogP contribution in [0.4, 0.5) is 11.4 Å². The van der Waals surface area contributed by atoms with Crippen molar-refractivity contribution in [2.24, 2.45) is 10.2 Å². The molecule has 0 fully saturated rings. The van der Waals surface area contributed by atoms with E-state index in [-0.39, 0.29) is 67.4 Å². The first kappa shape index (κ1) is 31.0. The number of aliphatic hydroxyl groups excluding tert-OH is 2. The first-order valence-electron chi connectivity index (χ1n) is 13.3. The van der Waals surface area contributed by atoms with Crippen molar-refractivity contribution in [3.63, 3.8) is 0 Å². The predicted octanol–water partition coefficient (Wildman–Crippen LogP) is 1.29. The van der Waals surface area contributed by atoms with Crippen LogP contribution in [-0.2, 0) is 0 Å². The van der Waals surface area contributed by atoms with Crippen molar-refractivity contribution in [3.8, 4) is 0 Å². The molecule has 234 valence electrons. The van der Waals surface area contributed by atoms with Crippen LogP contribution in [0.25, 0.3) is 22.1 Å². The van der Waals surface area contributed by atoms with E-state index < -0.39 is 33.2 Å². The summed E-state index contributed by atoms with van der Waals surface area (Å²) in [6, 6.07) is 13.3. The lowest BCUT2D eigenvalue weighted by Crippen LogP contribution is -2.28. The smallest absolute Gasteiger partial charge is 0.276 e. The van der Waals surface area contributed by atoms with E-state index in [4.69, 9.17) is 0 Å². The summed E-state index contributed by atoms with van der Waals surface area (Å²) < 4.78 is 0. The molecule has 3 aromatic carbocycles. The van der Waals surface area contributed by atoms with Gasteiger partial charge < -0.3 is 31.0 Å². The minimum absolute atomic E-state index is 0.125. The van der Waals surface area contributed by atoms with Crippen molar-refractivity contribution in [2.75, 3.05) is 14.1 Å². The Balaban J connectivity index is 1.46. The van der Waals surface area contributed by atoms with Crippen LogP contribution in [0.3, 0.4) is 0 Å². The lowest BCUT2D eigenvalue weighted by atomic mass is 9.97. The average molecular weight is 629 g/mol. The first-order valence-corrected chi connectivity index (χ1v) is 13.3. The molecule has 0 spiro atoms. The van der Waals surface area contributed by atoms with Crippen LogP contribution in [-0.4, -0.2) is 65.5 Å². The van der Waals surface area contributed by atoms with Crippen LogP contribution in [0.2, 0.25) is 0 Å². The maximum atomic E-state index is 12.9. The molecule has 0 aliphatic heterocycles. The number of nitro groups is 2. The first-order chi connectivity index (χ1) is 22.0. The number of nitrogens with zero attached hydrogens (tertiary/aromatic N) is 6. The molecule has 5 rings (SSSR count). The quantitative estimate of drug-likeness (QED) is 0.0725. The zero-order valence-electron chi connectivity index (χ0n) is 24.0. The molecule has 0 unspecified atom stereocenters. The monoisotopic (exact) mass is 628 g/mol. The van der Waals surface area contributed by atoms with Crippen molar-refractivity contribution < 1.29 is 20.1 Å². The van der Waals surface area contributed by atoms with Crippen molar-refractivity contribution in [2.45, 2.75) is 12.2 Å². The predicted molar refractivity (Wildman–Crippen MR) is 166 cm³/mol. The van der Waals surface area contributed by atoms with Gasteiger partial charge in [-0.1, -0.05) is 24.3 Å². The molecule has 0 radical (unpaired) electrons. The number of hydrogen-bond acceptors (Lipinski definition) is 14. The van der Waals surface area contributed by atoms with Crippen LogP contribution in [0.1, 0.15) is 34.7 Å². The minimum Gasteiger partial charge on any atom is -0.382 e. The van der Waals surface area contributed by atoms with Gasteiger partial charge in [0.25, 0.3) is 22.5 Å². The topological polar surface area (TPSA) is 267 Å². The molecule has 18 heteroatoms. The molecule has 0 bridgehead atoms. The second kappa shape index (κ2) is 12.7. The van der Waals surface area contributed by atoms with Crippen molar-refractivity contribution in [1.29, 1.82) is 0 Å². The molecule has 2 heterocycles. The van der Waals surface area contributed by atoms with E-state index in [9.17, 15) is 40.0 Å². The van der Waals surface area contributed by atoms with Gasteiger partial charge in [-0.3, -0.25) is 29.8 Å². The zero-order valence-corrected chi connectivity index (χ0v) is 24.0. The van der Waals surface area contributed by atoms with Crippen LogP contribution < -0.4 is 22.0 Å². The highest BCUT2D eigenvalue weighted by Gasteiger charge is 2.26. The molecule has 0 aliphatic carbocycles. The number of hydrazone groups is 2. The third-order valence-corrected chi connectivity index (χ3v) is 6.81. The highest BCUT2D eigenvalue weighted by molar-refractivity contribution is 6.04. The third kappa shape index (κ3) is 6.00. The minimum atomic E-state index is -1.48. The number of nitro benzene ring substituents is 2. The number of benzene rings is 3. The summed E-state index contributed by atoms with van der Waals surface area (Å²) in [4.78, 5) is 60.4. The summed E-state index contributed by atoms with van der Waals surface area (Å²) in [7, 11) is 2.91. The Morgan fingerprint density at radius 1 is 0.717 bits per heavy atom. The molecular weight excluding hydrogens is 604 g/mol. The maximum Gasteiger partial charge on any atom is 0.276 e. The van der Waals surface area contributed by atoms with Gasteiger partial charge in [0.05, 0.1) is 31.9 Å². The molecule has 0 saturated heterocycles. The van der Waals surface area contributed by atoms with E-state index in [1.807, 2.05) is 0 Å². The van der Waals surface area contributed by atoms with Gasteiger partial charge >= 0.3 is 0 Å². The fraction of sp³-hybridized carbons (Fsp3) is 0.143. The van der Waals surface area contributed by atoms with Crippen LogP contribution >= 0.6 is 0 Å². The summed E-state index contributed by atoms with van der Waals surface area (Å²) in [5.74, 6) is 0. The van der Waals surface area contributed by atoms with E-state index in [0.717, 1.165) is 0 Å². The summed E-state index contributed by atoms with van der Waals surface area (Å²) in [5, 5.41) is 52.8. The Morgan fingerprint density at radius 3 is 1.41 bits per heavy atom. The van der Waals surface area contributed by atoms with Gasteiger partial charge in [-0.25, -0.2) is 9.97 Å². The molecule has 5 aromatic rings. The summed E-state index contributed by atoms with van der Waals surface area (Å²) in [5.41, 5.74) is 3.53. The van der Waals surface area contributed by atoms with E-state index in [1.54, 1.807) is 0 Å². The fourth-order valence-corrected chi connectivity index (χ4v) is 4.63. The number of non-ortho nitro benzene ring substituents is 2. The van der Waals surface area contributed by atoms with Gasteiger partial charge in [0.1, 0.15) is 23.6 Å². The molecule has 6 N–H and O–H groups in total. The Labute approximate surface area is 256 Å². The van der Waals surface area contributed by atoms with E-state index >= 15 is 0 Å². The van der Waals surface area contributed by atoms with Gasteiger partial charge in [0.15, 0.2) is 11.4 Å². The summed E-state index contributed by atoms with van der Waals surface area (Å²) >= 11 is 0. The maximum absolute atomic E-state index is 12.9. The van der Waals surface area contributed by atoms with Gasteiger partial charge in [0.2, 0.25) is 0 Å². The summed E-state index contributed by atoms with van der Waals surface area (Å²) in [6.45, 7) is 0. The molecular formula is C28H24N10O8. The number of aliphatic hydroxyl groups is 2. The normalized spacial score (nSPS) is 13.4. The van der Waals surface area contributed by atoms with Gasteiger partial charge in [-0.05, 0) is 23.3 Å². The molecule has 2 aromatic heterocycles. The Hall–Kier alpha value is -6.40. The van der Waals surface area contributed by atoms with Gasteiger partial charge in [0, 0.05) is 38.4 Å². The van der Waals surface area contributed by atoms with Gasteiger partial charge in [-0.15, -0.1) is 0 Å². The number of rotatable bonds is 10. The number of H-pyrrole nitrogens is 2. The van der Waals surface area contributed by atoms with Crippen molar-refractivity contribution >= 4 is 44.9 Å². The number of hydrogen-bond donors (Lipinski definition) is 6. The Kier molecular flexibility index (Phi) is 8.56. The SMILES string of the molecule is CN/N=C(/c1nc2ccc([N+](=O)[O-])cc2[nH]c1=O)[C@H](O)c1ccc([C@H](O)/C(=N/NC)c2nc3ccc([N+](=O)[O-])cc3[nH]c2=O)cc1. The second-order valence-electron chi connectivity index (χ2n) is 9.66. The Morgan fingerprint density at radius 2 is 1.09 bits per heavy atom. The number of nitrogens with one attached hydrogen (secondary N) is 4. The highest BCUT2D eigenvalue weighted by atomic mass is 16.6. The lowest BCUT2D eigenvalue weighted by Gasteiger charge is -2.17. The van der Waals surface area contributed by atoms with Gasteiger partial charge in [-0.2, -0.15) is 10.2 Å². The number of fused-ring (bicyclic) bond motifs is 2. The van der Waals surface area contributed by atoms with E-state index in [1.165, 1.54) is 74.8 Å². The van der Waals surface area contributed by atoms with Crippen LogP contribution in [0.5, 0.6) is 0 Å². The van der Waals surface area contributed by atoms with Crippen LogP contribution in [0.15, 0.2) is 80.5 Å².